The lowest BCUT2D eigenvalue weighted by Gasteiger charge is -2.23. The molecule has 1 atom stereocenters. The second kappa shape index (κ2) is 4.50. The minimum absolute atomic E-state index is 0.576. The summed E-state index contributed by atoms with van der Waals surface area (Å²) < 4.78 is 5.85. The summed E-state index contributed by atoms with van der Waals surface area (Å²) in [5.41, 5.74) is 2.78. The Labute approximate surface area is 118 Å². The van der Waals surface area contributed by atoms with Crippen LogP contribution in [0.1, 0.15) is 29.4 Å². The van der Waals surface area contributed by atoms with Gasteiger partial charge in [0, 0.05) is 5.39 Å². The van der Waals surface area contributed by atoms with Crippen LogP contribution in [0.3, 0.4) is 0 Å². The molecule has 0 saturated carbocycles. The summed E-state index contributed by atoms with van der Waals surface area (Å²) in [6, 6.07) is 15.8. The lowest BCUT2D eigenvalue weighted by molar-refractivity contribution is 0.0780. The van der Waals surface area contributed by atoms with Gasteiger partial charge < -0.3 is 9.52 Å². The van der Waals surface area contributed by atoms with Gasteiger partial charge in [0.25, 0.3) is 0 Å². The summed E-state index contributed by atoms with van der Waals surface area (Å²) >= 11 is 0. The zero-order chi connectivity index (χ0) is 14.3. The summed E-state index contributed by atoms with van der Waals surface area (Å²) in [4.78, 5) is 0. The van der Waals surface area contributed by atoms with Crippen LogP contribution in [0.15, 0.2) is 52.9 Å². The summed E-state index contributed by atoms with van der Waals surface area (Å²) in [5.74, 6) is 0.576. The van der Waals surface area contributed by atoms with E-state index in [0.717, 1.165) is 22.1 Å². The molecule has 0 fully saturated rings. The van der Waals surface area contributed by atoms with Gasteiger partial charge in [-0.25, -0.2) is 0 Å². The third-order valence-corrected chi connectivity index (χ3v) is 3.82. The Morgan fingerprint density at radius 1 is 1.00 bits per heavy atom. The van der Waals surface area contributed by atoms with E-state index in [1.165, 1.54) is 5.56 Å². The van der Waals surface area contributed by atoms with Gasteiger partial charge in [-0.3, -0.25) is 0 Å². The molecule has 1 N–H and O–H groups in total. The third-order valence-electron chi connectivity index (χ3n) is 3.82. The van der Waals surface area contributed by atoms with Crippen molar-refractivity contribution in [2.75, 3.05) is 0 Å². The molecule has 3 rings (SSSR count). The zero-order valence-corrected chi connectivity index (χ0v) is 12.0. The molecule has 2 aromatic carbocycles. The van der Waals surface area contributed by atoms with Crippen molar-refractivity contribution >= 4 is 11.0 Å². The number of aryl methyl sites for hydroxylation is 2. The maximum Gasteiger partial charge on any atom is 0.144 e. The number of furan rings is 1. The summed E-state index contributed by atoms with van der Waals surface area (Å²) in [7, 11) is 0. The first-order valence-corrected chi connectivity index (χ1v) is 6.77. The van der Waals surface area contributed by atoms with E-state index in [4.69, 9.17) is 4.42 Å². The van der Waals surface area contributed by atoms with E-state index in [-0.39, 0.29) is 0 Å². The van der Waals surface area contributed by atoms with Crippen molar-refractivity contribution in [1.82, 2.24) is 0 Å². The summed E-state index contributed by atoms with van der Waals surface area (Å²) in [5, 5.41) is 11.9. The molecule has 0 aliphatic heterocycles. The molecule has 0 spiro atoms. The second-order valence-electron chi connectivity index (χ2n) is 5.54. The molecule has 20 heavy (non-hydrogen) atoms. The van der Waals surface area contributed by atoms with Crippen LogP contribution in [0.2, 0.25) is 0 Å². The van der Waals surface area contributed by atoms with Crippen LogP contribution in [0.4, 0.5) is 0 Å². The second-order valence-corrected chi connectivity index (χ2v) is 5.54. The first kappa shape index (κ1) is 12.9. The fraction of sp³-hybridized carbons (Fsp3) is 0.222. The molecule has 0 saturated heterocycles. The van der Waals surface area contributed by atoms with E-state index in [9.17, 15) is 5.11 Å². The Kier molecular flexibility index (Phi) is 2.91. The Balaban J connectivity index is 2.16. The van der Waals surface area contributed by atoms with Crippen LogP contribution in [-0.2, 0) is 5.60 Å². The summed E-state index contributed by atoms with van der Waals surface area (Å²) in [6.45, 7) is 5.82. The number of hydrogen-bond acceptors (Lipinski definition) is 2. The molecule has 1 unspecified atom stereocenters. The van der Waals surface area contributed by atoms with E-state index >= 15 is 0 Å². The third kappa shape index (κ3) is 2.02. The number of aliphatic hydroxyl groups is 1. The van der Waals surface area contributed by atoms with E-state index < -0.39 is 5.60 Å². The topological polar surface area (TPSA) is 33.4 Å². The van der Waals surface area contributed by atoms with E-state index in [2.05, 4.69) is 6.07 Å². The SMILES string of the molecule is Cc1ccc2oc(C(C)(O)c3ccccc3C)cc2c1. The number of hydrogen-bond donors (Lipinski definition) is 1. The van der Waals surface area contributed by atoms with Crippen molar-refractivity contribution in [2.24, 2.45) is 0 Å². The van der Waals surface area contributed by atoms with E-state index in [0.29, 0.717) is 5.76 Å². The van der Waals surface area contributed by atoms with Gasteiger partial charge in [0.2, 0.25) is 0 Å². The molecular formula is C18H18O2. The molecule has 0 aliphatic carbocycles. The van der Waals surface area contributed by atoms with Gasteiger partial charge in [-0.05, 0) is 50.1 Å². The predicted molar refractivity (Wildman–Crippen MR) is 80.8 cm³/mol. The molecule has 1 heterocycles. The molecule has 0 amide bonds. The quantitative estimate of drug-likeness (QED) is 0.750. The van der Waals surface area contributed by atoms with Crippen molar-refractivity contribution in [3.05, 3.63) is 71.0 Å². The van der Waals surface area contributed by atoms with E-state index in [1.54, 1.807) is 6.92 Å². The Morgan fingerprint density at radius 2 is 1.75 bits per heavy atom. The Bertz CT molecular complexity index is 766. The highest BCUT2D eigenvalue weighted by molar-refractivity contribution is 5.79. The number of fused-ring (bicyclic) bond motifs is 1. The Hall–Kier alpha value is -2.06. The monoisotopic (exact) mass is 266 g/mol. The van der Waals surface area contributed by atoms with Gasteiger partial charge in [-0.15, -0.1) is 0 Å². The maximum atomic E-state index is 10.9. The van der Waals surface area contributed by atoms with Crippen molar-refractivity contribution in [1.29, 1.82) is 0 Å². The van der Waals surface area contributed by atoms with Crippen molar-refractivity contribution in [2.45, 2.75) is 26.4 Å². The normalized spacial score (nSPS) is 14.4. The van der Waals surface area contributed by atoms with Gasteiger partial charge in [-0.1, -0.05) is 35.9 Å². The fourth-order valence-electron chi connectivity index (χ4n) is 2.65. The van der Waals surface area contributed by atoms with Crippen LogP contribution < -0.4 is 0 Å². The lowest BCUT2D eigenvalue weighted by atomic mass is 9.90. The van der Waals surface area contributed by atoms with Crippen molar-refractivity contribution in [3.63, 3.8) is 0 Å². The maximum absolute atomic E-state index is 10.9. The standard InChI is InChI=1S/C18H18O2/c1-12-8-9-16-14(10-12)11-17(20-16)18(3,19)15-7-5-4-6-13(15)2/h4-11,19H,1-3H3. The van der Waals surface area contributed by atoms with Gasteiger partial charge in [0.15, 0.2) is 0 Å². The van der Waals surface area contributed by atoms with Crippen LogP contribution in [0, 0.1) is 13.8 Å². The van der Waals surface area contributed by atoms with Gasteiger partial charge in [-0.2, -0.15) is 0 Å². The molecule has 2 nitrogen and oxygen atoms in total. The Morgan fingerprint density at radius 3 is 2.50 bits per heavy atom. The molecule has 0 radical (unpaired) electrons. The van der Waals surface area contributed by atoms with Crippen LogP contribution in [-0.4, -0.2) is 5.11 Å². The molecule has 0 bridgehead atoms. The average Bonchev–Trinajstić information content (AvgIpc) is 2.82. The highest BCUT2D eigenvalue weighted by atomic mass is 16.4. The van der Waals surface area contributed by atoms with Crippen LogP contribution >= 0.6 is 0 Å². The van der Waals surface area contributed by atoms with Crippen molar-refractivity contribution in [3.8, 4) is 0 Å². The zero-order valence-electron chi connectivity index (χ0n) is 12.0. The molecular weight excluding hydrogens is 248 g/mol. The average molecular weight is 266 g/mol. The molecule has 1 aromatic heterocycles. The van der Waals surface area contributed by atoms with Crippen molar-refractivity contribution < 1.29 is 9.52 Å². The predicted octanol–water partition coefficient (Wildman–Crippen LogP) is 4.31. The lowest BCUT2D eigenvalue weighted by Crippen LogP contribution is -2.23. The van der Waals surface area contributed by atoms with Crippen LogP contribution in [0.25, 0.3) is 11.0 Å². The largest absolute Gasteiger partial charge is 0.458 e. The minimum atomic E-state index is -1.13. The van der Waals surface area contributed by atoms with Gasteiger partial charge >= 0.3 is 0 Å². The fourth-order valence-corrected chi connectivity index (χ4v) is 2.65. The smallest absolute Gasteiger partial charge is 0.144 e. The minimum Gasteiger partial charge on any atom is -0.458 e. The molecule has 3 aromatic rings. The summed E-state index contributed by atoms with van der Waals surface area (Å²) in [6.07, 6.45) is 0. The molecule has 102 valence electrons. The first-order valence-electron chi connectivity index (χ1n) is 6.77. The molecule has 0 aliphatic rings. The molecule has 2 heteroatoms. The number of benzene rings is 2. The first-order chi connectivity index (χ1) is 9.48. The number of rotatable bonds is 2. The van der Waals surface area contributed by atoms with E-state index in [1.807, 2.05) is 56.3 Å². The highest BCUT2D eigenvalue weighted by Crippen LogP contribution is 2.34. The van der Waals surface area contributed by atoms with Gasteiger partial charge in [0.05, 0.1) is 0 Å². The van der Waals surface area contributed by atoms with Crippen LogP contribution in [0.5, 0.6) is 0 Å². The highest BCUT2D eigenvalue weighted by Gasteiger charge is 2.30. The van der Waals surface area contributed by atoms with Gasteiger partial charge in [0.1, 0.15) is 16.9 Å².